The van der Waals surface area contributed by atoms with E-state index in [1.165, 1.54) is 0 Å². The Hall–Kier alpha value is -2.62. The molecule has 1 amide bonds. The van der Waals surface area contributed by atoms with E-state index in [4.69, 9.17) is 0 Å². The molecule has 21 heavy (non-hydrogen) atoms. The summed E-state index contributed by atoms with van der Waals surface area (Å²) in [6.45, 7) is 4.45. The third-order valence-corrected chi connectivity index (χ3v) is 3.65. The highest BCUT2D eigenvalue weighted by Crippen LogP contribution is 2.25. The fraction of sp³-hybridized carbons (Fsp3) is 0.176. The van der Waals surface area contributed by atoms with Gasteiger partial charge in [0.2, 0.25) is 0 Å². The Morgan fingerprint density at radius 3 is 2.71 bits per heavy atom. The lowest BCUT2D eigenvalue weighted by Gasteiger charge is -2.06. The van der Waals surface area contributed by atoms with E-state index in [2.05, 4.69) is 15.3 Å². The molecule has 3 aromatic rings. The number of H-pyrrole nitrogens is 1. The molecular formula is C17H17N3O. The standard InChI is InChI=1S/C17H17N3O/c1-11-4-3-5-14-15(11)16(12(2)20-14)17(21)19-10-13-6-8-18-9-7-13/h3-9,20H,10H2,1-2H3,(H,19,21). The number of nitrogens with zero attached hydrogens (tertiary/aromatic N) is 1. The second kappa shape index (κ2) is 5.40. The van der Waals surface area contributed by atoms with Crippen LogP contribution >= 0.6 is 0 Å². The molecule has 106 valence electrons. The van der Waals surface area contributed by atoms with Crippen LogP contribution in [0, 0.1) is 13.8 Å². The molecule has 0 aliphatic rings. The van der Waals surface area contributed by atoms with Crippen molar-refractivity contribution in [2.45, 2.75) is 20.4 Å². The molecule has 0 atom stereocenters. The quantitative estimate of drug-likeness (QED) is 0.774. The second-order valence-electron chi connectivity index (χ2n) is 5.16. The zero-order valence-corrected chi connectivity index (χ0v) is 12.1. The topological polar surface area (TPSA) is 57.8 Å². The molecule has 2 heterocycles. The number of pyridine rings is 1. The normalized spacial score (nSPS) is 10.8. The van der Waals surface area contributed by atoms with Crippen LogP contribution in [0.4, 0.5) is 0 Å². The average Bonchev–Trinajstić information content (AvgIpc) is 2.83. The molecule has 3 rings (SSSR count). The van der Waals surface area contributed by atoms with Crippen molar-refractivity contribution in [3.63, 3.8) is 0 Å². The van der Waals surface area contributed by atoms with Crippen LogP contribution in [0.3, 0.4) is 0 Å². The molecule has 0 fully saturated rings. The number of hydrogen-bond donors (Lipinski definition) is 2. The summed E-state index contributed by atoms with van der Waals surface area (Å²) < 4.78 is 0. The molecule has 0 aliphatic carbocycles. The van der Waals surface area contributed by atoms with E-state index < -0.39 is 0 Å². The van der Waals surface area contributed by atoms with Crippen molar-refractivity contribution in [3.05, 3.63) is 65.1 Å². The smallest absolute Gasteiger partial charge is 0.254 e. The minimum Gasteiger partial charge on any atom is -0.358 e. The van der Waals surface area contributed by atoms with Crippen LogP contribution < -0.4 is 5.32 Å². The molecule has 0 unspecified atom stereocenters. The molecule has 0 spiro atoms. The number of nitrogens with one attached hydrogen (secondary N) is 2. The minimum atomic E-state index is -0.0511. The van der Waals surface area contributed by atoms with E-state index in [9.17, 15) is 4.79 Å². The van der Waals surface area contributed by atoms with Crippen LogP contribution in [0.15, 0.2) is 42.7 Å². The molecule has 0 radical (unpaired) electrons. The molecule has 0 saturated heterocycles. The van der Waals surface area contributed by atoms with Gasteiger partial charge in [0.25, 0.3) is 5.91 Å². The molecular weight excluding hydrogens is 262 g/mol. The Bertz CT molecular complexity index is 790. The maximum Gasteiger partial charge on any atom is 0.254 e. The molecule has 4 heteroatoms. The van der Waals surface area contributed by atoms with E-state index in [1.807, 2.05) is 44.2 Å². The van der Waals surface area contributed by atoms with Gasteiger partial charge in [-0.2, -0.15) is 0 Å². The Morgan fingerprint density at radius 1 is 1.19 bits per heavy atom. The number of carbonyl (C=O) groups is 1. The summed E-state index contributed by atoms with van der Waals surface area (Å²) in [5.41, 5.74) is 4.77. The average molecular weight is 279 g/mol. The van der Waals surface area contributed by atoms with E-state index in [1.54, 1.807) is 12.4 Å². The van der Waals surface area contributed by atoms with Crippen LogP contribution in [0.1, 0.15) is 27.2 Å². The fourth-order valence-electron chi connectivity index (χ4n) is 2.61. The summed E-state index contributed by atoms with van der Waals surface area (Å²) in [5.74, 6) is -0.0511. The van der Waals surface area contributed by atoms with Crippen molar-refractivity contribution in [3.8, 4) is 0 Å². The summed E-state index contributed by atoms with van der Waals surface area (Å²) in [5, 5.41) is 3.98. The molecule has 2 aromatic heterocycles. The highest BCUT2D eigenvalue weighted by atomic mass is 16.1. The van der Waals surface area contributed by atoms with E-state index >= 15 is 0 Å². The summed E-state index contributed by atoms with van der Waals surface area (Å²) in [7, 11) is 0. The van der Waals surface area contributed by atoms with Gasteiger partial charge in [-0.25, -0.2) is 0 Å². The summed E-state index contributed by atoms with van der Waals surface area (Å²) in [6.07, 6.45) is 3.45. The highest BCUT2D eigenvalue weighted by molar-refractivity contribution is 6.09. The summed E-state index contributed by atoms with van der Waals surface area (Å²) in [6, 6.07) is 9.80. The fourth-order valence-corrected chi connectivity index (χ4v) is 2.61. The molecule has 1 aromatic carbocycles. The first-order chi connectivity index (χ1) is 10.2. The van der Waals surface area contributed by atoms with Gasteiger partial charge in [0.1, 0.15) is 0 Å². The van der Waals surface area contributed by atoms with Gasteiger partial charge >= 0.3 is 0 Å². The van der Waals surface area contributed by atoms with Crippen LogP contribution in [0.2, 0.25) is 0 Å². The van der Waals surface area contributed by atoms with Gasteiger partial charge in [-0.3, -0.25) is 9.78 Å². The lowest BCUT2D eigenvalue weighted by molar-refractivity contribution is 0.0952. The van der Waals surface area contributed by atoms with Crippen LogP contribution in [0.25, 0.3) is 10.9 Å². The number of fused-ring (bicyclic) bond motifs is 1. The third kappa shape index (κ3) is 2.52. The van der Waals surface area contributed by atoms with Crippen molar-refractivity contribution in [1.82, 2.24) is 15.3 Å². The van der Waals surface area contributed by atoms with Crippen LogP contribution in [0.5, 0.6) is 0 Å². The lowest BCUT2D eigenvalue weighted by Crippen LogP contribution is -2.23. The van der Waals surface area contributed by atoms with Crippen molar-refractivity contribution < 1.29 is 4.79 Å². The zero-order chi connectivity index (χ0) is 14.8. The van der Waals surface area contributed by atoms with Gasteiger partial charge in [0.15, 0.2) is 0 Å². The van der Waals surface area contributed by atoms with Crippen molar-refractivity contribution in [2.24, 2.45) is 0 Å². The van der Waals surface area contributed by atoms with Crippen LogP contribution in [-0.4, -0.2) is 15.9 Å². The van der Waals surface area contributed by atoms with Gasteiger partial charge in [-0.1, -0.05) is 12.1 Å². The number of aryl methyl sites for hydroxylation is 2. The van der Waals surface area contributed by atoms with Gasteiger partial charge in [0, 0.05) is 35.5 Å². The number of aromatic amines is 1. The number of carbonyl (C=O) groups excluding carboxylic acids is 1. The molecule has 4 nitrogen and oxygen atoms in total. The predicted molar refractivity (Wildman–Crippen MR) is 83.2 cm³/mol. The Morgan fingerprint density at radius 2 is 1.95 bits per heavy atom. The second-order valence-corrected chi connectivity index (χ2v) is 5.16. The molecule has 0 bridgehead atoms. The minimum absolute atomic E-state index is 0.0511. The Balaban J connectivity index is 1.90. The zero-order valence-electron chi connectivity index (χ0n) is 12.1. The summed E-state index contributed by atoms with van der Waals surface area (Å²) in [4.78, 5) is 19.8. The van der Waals surface area contributed by atoms with Gasteiger partial charge in [-0.15, -0.1) is 0 Å². The largest absolute Gasteiger partial charge is 0.358 e. The highest BCUT2D eigenvalue weighted by Gasteiger charge is 2.17. The molecule has 0 saturated carbocycles. The Labute approximate surface area is 123 Å². The molecule has 0 aliphatic heterocycles. The van der Waals surface area contributed by atoms with Crippen molar-refractivity contribution in [1.29, 1.82) is 0 Å². The number of benzene rings is 1. The van der Waals surface area contributed by atoms with Crippen LogP contribution in [-0.2, 0) is 6.54 Å². The van der Waals surface area contributed by atoms with E-state index in [0.717, 1.165) is 33.3 Å². The first kappa shape index (κ1) is 13.4. The predicted octanol–water partition coefficient (Wildman–Crippen LogP) is 3.11. The number of amides is 1. The first-order valence-corrected chi connectivity index (χ1v) is 6.92. The number of rotatable bonds is 3. The first-order valence-electron chi connectivity index (χ1n) is 6.92. The monoisotopic (exact) mass is 279 g/mol. The Kier molecular flexibility index (Phi) is 3.44. The SMILES string of the molecule is Cc1[nH]c2cccc(C)c2c1C(=O)NCc1ccncc1. The molecule has 2 N–H and O–H groups in total. The number of hydrogen-bond acceptors (Lipinski definition) is 2. The van der Waals surface area contributed by atoms with Crippen molar-refractivity contribution >= 4 is 16.8 Å². The number of aromatic nitrogens is 2. The van der Waals surface area contributed by atoms with Gasteiger partial charge in [0.05, 0.1) is 5.56 Å². The maximum absolute atomic E-state index is 12.5. The van der Waals surface area contributed by atoms with Crippen molar-refractivity contribution in [2.75, 3.05) is 0 Å². The van der Waals surface area contributed by atoms with Gasteiger partial charge in [-0.05, 0) is 43.2 Å². The van der Waals surface area contributed by atoms with Gasteiger partial charge < -0.3 is 10.3 Å². The lowest BCUT2D eigenvalue weighted by atomic mass is 10.1. The maximum atomic E-state index is 12.5. The summed E-state index contributed by atoms with van der Waals surface area (Å²) >= 11 is 0. The van der Waals surface area contributed by atoms with E-state index in [-0.39, 0.29) is 5.91 Å². The third-order valence-electron chi connectivity index (χ3n) is 3.65. The van der Waals surface area contributed by atoms with E-state index in [0.29, 0.717) is 6.54 Å².